The van der Waals surface area contributed by atoms with Crippen LogP contribution in [0.2, 0.25) is 0 Å². The first-order valence-corrected chi connectivity index (χ1v) is 8.82. The number of alkyl halides is 3. The minimum Gasteiger partial charge on any atom is -0.366 e. The first kappa shape index (κ1) is 19.4. The van der Waals surface area contributed by atoms with E-state index >= 15 is 0 Å². The molecular formula is C20H15F3N6O. The molecule has 7 nitrogen and oxygen atoms in total. The first-order chi connectivity index (χ1) is 14.3. The summed E-state index contributed by atoms with van der Waals surface area (Å²) in [5, 5.41) is 3.02. The van der Waals surface area contributed by atoms with Crippen molar-refractivity contribution in [1.82, 2.24) is 19.9 Å². The number of benzene rings is 2. The number of primary amides is 1. The number of halogens is 3. The molecule has 10 heteroatoms. The van der Waals surface area contributed by atoms with Crippen molar-refractivity contribution in [2.75, 3.05) is 5.32 Å². The largest absolute Gasteiger partial charge is 0.416 e. The smallest absolute Gasteiger partial charge is 0.366 e. The zero-order valence-electron chi connectivity index (χ0n) is 15.4. The van der Waals surface area contributed by atoms with Crippen LogP contribution in [0.3, 0.4) is 0 Å². The highest BCUT2D eigenvalue weighted by Crippen LogP contribution is 2.30. The number of nitrogens with one attached hydrogen (secondary N) is 2. The first-order valence-electron chi connectivity index (χ1n) is 8.82. The third-order valence-electron chi connectivity index (χ3n) is 4.45. The van der Waals surface area contributed by atoms with E-state index < -0.39 is 17.6 Å². The molecule has 2 aromatic heterocycles. The van der Waals surface area contributed by atoms with E-state index in [9.17, 15) is 18.0 Å². The predicted octanol–water partition coefficient (Wildman–Crippen LogP) is 3.75. The Kier molecular flexibility index (Phi) is 4.82. The van der Waals surface area contributed by atoms with E-state index in [0.29, 0.717) is 39.5 Å². The van der Waals surface area contributed by atoms with Crippen LogP contribution in [0.5, 0.6) is 0 Å². The van der Waals surface area contributed by atoms with Crippen LogP contribution < -0.4 is 11.1 Å². The Morgan fingerprint density at radius 1 is 1.10 bits per heavy atom. The van der Waals surface area contributed by atoms with Gasteiger partial charge in [0, 0.05) is 17.7 Å². The van der Waals surface area contributed by atoms with Crippen LogP contribution in [-0.2, 0) is 12.7 Å². The second-order valence-electron chi connectivity index (χ2n) is 6.50. The Labute approximate surface area is 168 Å². The van der Waals surface area contributed by atoms with E-state index in [2.05, 4.69) is 25.3 Å². The molecule has 2 heterocycles. The van der Waals surface area contributed by atoms with Gasteiger partial charge in [-0.05, 0) is 29.8 Å². The molecule has 0 aliphatic carbocycles. The standard InChI is InChI=1S/C20H15F3N6O/c21-20(22,23)14-3-1-2-11(8-14)9-25-18-15-19(27-10-26-18)29-17(28-15)13-6-4-12(5-7-13)16(24)30/h1-8,10H,9H2,(H2,24,30)(H2,25,26,27,28,29). The number of H-pyrrole nitrogens is 1. The van der Waals surface area contributed by atoms with Gasteiger partial charge in [-0.1, -0.05) is 24.3 Å². The third-order valence-corrected chi connectivity index (χ3v) is 4.45. The number of hydrogen-bond donors (Lipinski definition) is 3. The van der Waals surface area contributed by atoms with Crippen molar-refractivity contribution < 1.29 is 18.0 Å². The summed E-state index contributed by atoms with van der Waals surface area (Å²) in [6.07, 6.45) is -3.09. The average molecular weight is 412 g/mol. The van der Waals surface area contributed by atoms with Gasteiger partial charge < -0.3 is 16.0 Å². The SMILES string of the molecule is NC(=O)c1ccc(-c2nc3ncnc(NCc4cccc(C(F)(F)F)c4)c3[nH]2)cc1. The van der Waals surface area contributed by atoms with E-state index in [-0.39, 0.29) is 6.54 Å². The number of hydrogen-bond acceptors (Lipinski definition) is 5. The highest BCUT2D eigenvalue weighted by molar-refractivity contribution is 5.93. The van der Waals surface area contributed by atoms with Crippen molar-refractivity contribution in [2.45, 2.75) is 12.7 Å². The minimum absolute atomic E-state index is 0.137. The summed E-state index contributed by atoms with van der Waals surface area (Å²) in [6.45, 7) is 0.137. The van der Waals surface area contributed by atoms with Gasteiger partial charge in [-0.15, -0.1) is 0 Å². The minimum atomic E-state index is -4.40. The molecule has 4 rings (SSSR count). The molecule has 0 aliphatic rings. The Hall–Kier alpha value is -3.95. The van der Waals surface area contributed by atoms with Crippen molar-refractivity contribution in [2.24, 2.45) is 5.73 Å². The van der Waals surface area contributed by atoms with Gasteiger partial charge in [0.15, 0.2) is 11.5 Å². The van der Waals surface area contributed by atoms with Crippen molar-refractivity contribution in [3.8, 4) is 11.4 Å². The molecule has 4 N–H and O–H groups in total. The molecule has 0 unspecified atom stereocenters. The average Bonchev–Trinajstić information content (AvgIpc) is 3.17. The van der Waals surface area contributed by atoms with E-state index in [1.165, 1.54) is 12.4 Å². The van der Waals surface area contributed by atoms with Crippen LogP contribution in [0.4, 0.5) is 19.0 Å². The van der Waals surface area contributed by atoms with Crippen LogP contribution in [0.25, 0.3) is 22.6 Å². The number of imidazole rings is 1. The van der Waals surface area contributed by atoms with Crippen LogP contribution >= 0.6 is 0 Å². The number of anilines is 1. The predicted molar refractivity (Wildman–Crippen MR) is 104 cm³/mol. The summed E-state index contributed by atoms with van der Waals surface area (Å²) >= 11 is 0. The number of carbonyl (C=O) groups excluding carboxylic acids is 1. The molecule has 0 bridgehead atoms. The zero-order chi connectivity index (χ0) is 21.3. The fourth-order valence-corrected chi connectivity index (χ4v) is 2.93. The molecule has 2 aromatic carbocycles. The molecule has 0 saturated carbocycles. The molecular weight excluding hydrogens is 397 g/mol. The summed E-state index contributed by atoms with van der Waals surface area (Å²) in [5.74, 6) is 0.381. The fourth-order valence-electron chi connectivity index (χ4n) is 2.93. The molecule has 4 aromatic rings. The summed E-state index contributed by atoms with van der Waals surface area (Å²) in [6, 6.07) is 11.6. The van der Waals surface area contributed by atoms with E-state index in [4.69, 9.17) is 5.73 Å². The maximum absolute atomic E-state index is 12.9. The van der Waals surface area contributed by atoms with Crippen molar-refractivity contribution in [3.63, 3.8) is 0 Å². The Bertz CT molecular complexity index is 1220. The van der Waals surface area contributed by atoms with Crippen LogP contribution in [0.15, 0.2) is 54.9 Å². The van der Waals surface area contributed by atoms with E-state index in [1.54, 1.807) is 30.3 Å². The van der Waals surface area contributed by atoms with Gasteiger partial charge >= 0.3 is 6.18 Å². The normalized spacial score (nSPS) is 11.6. The quantitative estimate of drug-likeness (QED) is 0.463. The molecule has 30 heavy (non-hydrogen) atoms. The van der Waals surface area contributed by atoms with Crippen LogP contribution in [0, 0.1) is 0 Å². The van der Waals surface area contributed by atoms with Crippen molar-refractivity contribution in [3.05, 3.63) is 71.5 Å². The second kappa shape index (κ2) is 7.47. The molecule has 0 atom stereocenters. The van der Waals surface area contributed by atoms with Gasteiger partial charge in [0.1, 0.15) is 17.7 Å². The molecule has 0 fully saturated rings. The number of amides is 1. The summed E-state index contributed by atoms with van der Waals surface area (Å²) in [4.78, 5) is 27.0. The van der Waals surface area contributed by atoms with Crippen LogP contribution in [0.1, 0.15) is 21.5 Å². The lowest BCUT2D eigenvalue weighted by atomic mass is 10.1. The number of nitrogens with two attached hydrogens (primary N) is 1. The van der Waals surface area contributed by atoms with Gasteiger partial charge in [0.25, 0.3) is 0 Å². The van der Waals surface area contributed by atoms with Gasteiger partial charge in [0.05, 0.1) is 5.56 Å². The molecule has 0 saturated heterocycles. The number of carbonyl (C=O) groups is 1. The Morgan fingerprint density at radius 3 is 2.57 bits per heavy atom. The third kappa shape index (κ3) is 3.93. The molecule has 0 aliphatic heterocycles. The highest BCUT2D eigenvalue weighted by Gasteiger charge is 2.30. The maximum atomic E-state index is 12.9. The van der Waals surface area contributed by atoms with Gasteiger partial charge in [-0.2, -0.15) is 13.2 Å². The zero-order valence-corrected chi connectivity index (χ0v) is 15.4. The summed E-state index contributed by atoms with van der Waals surface area (Å²) in [5.41, 5.74) is 6.98. The number of nitrogens with zero attached hydrogens (tertiary/aromatic N) is 3. The Morgan fingerprint density at radius 2 is 1.87 bits per heavy atom. The van der Waals surface area contributed by atoms with Gasteiger partial charge in [-0.3, -0.25) is 4.79 Å². The van der Waals surface area contributed by atoms with Gasteiger partial charge in [-0.25, -0.2) is 15.0 Å². The van der Waals surface area contributed by atoms with Gasteiger partial charge in [0.2, 0.25) is 5.91 Å². The maximum Gasteiger partial charge on any atom is 0.416 e. The fraction of sp³-hybridized carbons (Fsp3) is 0.100. The molecule has 1 amide bonds. The number of rotatable bonds is 5. The lowest BCUT2D eigenvalue weighted by molar-refractivity contribution is -0.137. The number of fused-ring (bicyclic) bond motifs is 1. The molecule has 0 radical (unpaired) electrons. The van der Waals surface area contributed by atoms with Crippen molar-refractivity contribution in [1.29, 1.82) is 0 Å². The topological polar surface area (TPSA) is 110 Å². The lowest BCUT2D eigenvalue weighted by Crippen LogP contribution is -2.10. The van der Waals surface area contributed by atoms with Crippen molar-refractivity contribution >= 4 is 22.9 Å². The van der Waals surface area contributed by atoms with E-state index in [0.717, 1.165) is 12.1 Å². The number of aromatic amines is 1. The summed E-state index contributed by atoms with van der Waals surface area (Å²) in [7, 11) is 0. The Balaban J connectivity index is 1.59. The monoisotopic (exact) mass is 412 g/mol. The molecule has 0 spiro atoms. The summed E-state index contributed by atoms with van der Waals surface area (Å²) < 4.78 is 38.7. The highest BCUT2D eigenvalue weighted by atomic mass is 19.4. The number of aromatic nitrogens is 4. The second-order valence-corrected chi connectivity index (χ2v) is 6.50. The molecule has 152 valence electrons. The van der Waals surface area contributed by atoms with E-state index in [1.807, 2.05) is 0 Å². The van der Waals surface area contributed by atoms with Crippen LogP contribution in [-0.4, -0.2) is 25.8 Å². The lowest BCUT2D eigenvalue weighted by Gasteiger charge is -2.10.